The van der Waals surface area contributed by atoms with Gasteiger partial charge in [0, 0.05) is 32.3 Å². The maximum absolute atomic E-state index is 8.80. The third-order valence-electron chi connectivity index (χ3n) is 3.73. The molecule has 1 N–H and O–H groups in total. The Labute approximate surface area is 128 Å². The molecule has 1 atom stereocenters. The Morgan fingerprint density at radius 2 is 2.41 bits per heavy atom. The SMILES string of the molecule is CCc1nc([C@@H]2CN(CCn3cc(C#N)cn3)CCO2)n[nH]1. The minimum Gasteiger partial charge on any atom is -0.367 e. The number of rotatable bonds is 5. The first kappa shape index (κ1) is 14.7. The number of hydrogen-bond acceptors (Lipinski definition) is 6. The Balaban J connectivity index is 1.55. The Hall–Kier alpha value is -2.24. The maximum atomic E-state index is 8.80. The summed E-state index contributed by atoms with van der Waals surface area (Å²) in [5, 5.41) is 20.1. The third kappa shape index (κ3) is 3.32. The summed E-state index contributed by atoms with van der Waals surface area (Å²) in [7, 11) is 0. The monoisotopic (exact) mass is 301 g/mol. The molecule has 1 aliphatic heterocycles. The molecule has 0 aliphatic carbocycles. The second kappa shape index (κ2) is 6.68. The predicted molar refractivity (Wildman–Crippen MR) is 77.8 cm³/mol. The molecule has 2 aromatic heterocycles. The zero-order chi connectivity index (χ0) is 15.4. The molecule has 8 nitrogen and oxygen atoms in total. The molecular formula is C14H19N7O. The average molecular weight is 301 g/mol. The van der Waals surface area contributed by atoms with Crippen molar-refractivity contribution in [1.82, 2.24) is 29.9 Å². The van der Waals surface area contributed by atoms with Gasteiger partial charge in [0.05, 0.1) is 24.9 Å². The minimum atomic E-state index is -0.0856. The molecular weight excluding hydrogens is 282 g/mol. The van der Waals surface area contributed by atoms with Crippen molar-refractivity contribution < 1.29 is 4.74 Å². The van der Waals surface area contributed by atoms with E-state index in [4.69, 9.17) is 10.00 Å². The molecule has 0 amide bonds. The van der Waals surface area contributed by atoms with Crippen molar-refractivity contribution in [3.63, 3.8) is 0 Å². The topological polar surface area (TPSA) is 95.7 Å². The van der Waals surface area contributed by atoms with E-state index in [1.54, 1.807) is 17.1 Å². The molecule has 22 heavy (non-hydrogen) atoms. The van der Waals surface area contributed by atoms with E-state index in [9.17, 15) is 0 Å². The standard InChI is InChI=1S/C14H19N7O/c1-2-13-17-14(19-18-13)12-10-20(5-6-22-12)3-4-21-9-11(7-15)8-16-21/h8-9,12H,2-6,10H2,1H3,(H,17,18,19)/t12-/m0/s1. The van der Waals surface area contributed by atoms with Gasteiger partial charge in [-0.15, -0.1) is 0 Å². The van der Waals surface area contributed by atoms with Gasteiger partial charge in [-0.1, -0.05) is 6.92 Å². The molecule has 1 aliphatic rings. The second-order valence-electron chi connectivity index (χ2n) is 5.26. The summed E-state index contributed by atoms with van der Waals surface area (Å²) < 4.78 is 7.57. The van der Waals surface area contributed by atoms with Crippen molar-refractivity contribution in [2.75, 3.05) is 26.2 Å². The summed E-state index contributed by atoms with van der Waals surface area (Å²) >= 11 is 0. The highest BCUT2D eigenvalue weighted by atomic mass is 16.5. The highest BCUT2D eigenvalue weighted by Crippen LogP contribution is 2.19. The normalized spacial score (nSPS) is 19.2. The lowest BCUT2D eigenvalue weighted by Gasteiger charge is -2.31. The highest BCUT2D eigenvalue weighted by Gasteiger charge is 2.25. The lowest BCUT2D eigenvalue weighted by molar-refractivity contribution is -0.0352. The van der Waals surface area contributed by atoms with Crippen molar-refractivity contribution in [2.45, 2.75) is 26.0 Å². The molecule has 0 spiro atoms. The summed E-state index contributed by atoms with van der Waals surface area (Å²) in [6, 6.07) is 2.08. The van der Waals surface area contributed by atoms with Crippen LogP contribution in [0, 0.1) is 11.3 Å². The van der Waals surface area contributed by atoms with Crippen LogP contribution in [0.15, 0.2) is 12.4 Å². The van der Waals surface area contributed by atoms with Crippen LogP contribution in [0.1, 0.15) is 30.2 Å². The molecule has 1 saturated heterocycles. The summed E-state index contributed by atoms with van der Waals surface area (Å²) in [4.78, 5) is 6.76. The van der Waals surface area contributed by atoms with Gasteiger partial charge in [0.25, 0.3) is 0 Å². The molecule has 0 unspecified atom stereocenters. The van der Waals surface area contributed by atoms with Gasteiger partial charge < -0.3 is 4.74 Å². The van der Waals surface area contributed by atoms with Gasteiger partial charge in [-0.25, -0.2) is 4.98 Å². The zero-order valence-electron chi connectivity index (χ0n) is 12.6. The fourth-order valence-corrected chi connectivity index (χ4v) is 2.46. The van der Waals surface area contributed by atoms with E-state index < -0.39 is 0 Å². The Bertz CT molecular complexity index is 656. The van der Waals surface area contributed by atoms with Crippen LogP contribution in [-0.4, -0.2) is 56.1 Å². The van der Waals surface area contributed by atoms with Gasteiger partial charge >= 0.3 is 0 Å². The lowest BCUT2D eigenvalue weighted by atomic mass is 10.2. The second-order valence-corrected chi connectivity index (χ2v) is 5.26. The molecule has 0 saturated carbocycles. The van der Waals surface area contributed by atoms with Crippen LogP contribution in [-0.2, 0) is 17.7 Å². The Morgan fingerprint density at radius 1 is 1.50 bits per heavy atom. The molecule has 1 fully saturated rings. The number of nitrogens with zero attached hydrogens (tertiary/aromatic N) is 6. The van der Waals surface area contributed by atoms with Crippen molar-refractivity contribution >= 4 is 0 Å². The number of nitrogens with one attached hydrogen (secondary N) is 1. The van der Waals surface area contributed by atoms with Gasteiger partial charge in [-0.2, -0.15) is 15.5 Å². The number of aromatic nitrogens is 5. The van der Waals surface area contributed by atoms with Crippen LogP contribution in [0.3, 0.4) is 0 Å². The van der Waals surface area contributed by atoms with Gasteiger partial charge in [0.1, 0.15) is 18.0 Å². The molecule has 0 bridgehead atoms. The number of aromatic amines is 1. The lowest BCUT2D eigenvalue weighted by Crippen LogP contribution is -2.40. The number of morpholine rings is 1. The van der Waals surface area contributed by atoms with E-state index in [1.165, 1.54) is 0 Å². The number of aryl methyl sites for hydroxylation is 1. The predicted octanol–water partition coefficient (Wildman–Crippen LogP) is 0.509. The number of ether oxygens (including phenoxy) is 1. The Morgan fingerprint density at radius 3 is 3.14 bits per heavy atom. The van der Waals surface area contributed by atoms with Crippen molar-refractivity contribution in [3.8, 4) is 6.07 Å². The van der Waals surface area contributed by atoms with Crippen molar-refractivity contribution in [3.05, 3.63) is 29.6 Å². The summed E-state index contributed by atoms with van der Waals surface area (Å²) in [6.07, 6.45) is 4.10. The number of nitriles is 1. The highest BCUT2D eigenvalue weighted by molar-refractivity contribution is 5.21. The van der Waals surface area contributed by atoms with E-state index in [2.05, 4.69) is 31.2 Å². The fraction of sp³-hybridized carbons (Fsp3) is 0.571. The molecule has 3 rings (SSSR count). The van der Waals surface area contributed by atoms with Crippen LogP contribution in [0.25, 0.3) is 0 Å². The smallest absolute Gasteiger partial charge is 0.180 e. The van der Waals surface area contributed by atoms with Crippen molar-refractivity contribution in [1.29, 1.82) is 5.26 Å². The Kier molecular flexibility index (Phi) is 4.46. The first-order valence-corrected chi connectivity index (χ1v) is 7.46. The van der Waals surface area contributed by atoms with Crippen LogP contribution in [0.5, 0.6) is 0 Å². The molecule has 3 heterocycles. The van der Waals surface area contributed by atoms with Crippen LogP contribution < -0.4 is 0 Å². The van der Waals surface area contributed by atoms with Crippen LogP contribution in [0.2, 0.25) is 0 Å². The zero-order valence-corrected chi connectivity index (χ0v) is 12.6. The molecule has 8 heteroatoms. The number of H-pyrrole nitrogens is 1. The molecule has 0 aromatic carbocycles. The van der Waals surface area contributed by atoms with E-state index >= 15 is 0 Å². The van der Waals surface area contributed by atoms with Crippen LogP contribution >= 0.6 is 0 Å². The summed E-state index contributed by atoms with van der Waals surface area (Å²) in [5.41, 5.74) is 0.590. The van der Waals surface area contributed by atoms with E-state index in [1.807, 2.05) is 6.92 Å². The van der Waals surface area contributed by atoms with Gasteiger partial charge in [-0.3, -0.25) is 14.7 Å². The summed E-state index contributed by atoms with van der Waals surface area (Å²) in [5.74, 6) is 1.61. The molecule has 116 valence electrons. The molecule has 2 aromatic rings. The van der Waals surface area contributed by atoms with E-state index in [0.29, 0.717) is 12.2 Å². The van der Waals surface area contributed by atoms with Gasteiger partial charge in [0.15, 0.2) is 5.82 Å². The van der Waals surface area contributed by atoms with Crippen molar-refractivity contribution in [2.24, 2.45) is 0 Å². The van der Waals surface area contributed by atoms with Crippen LogP contribution in [0.4, 0.5) is 0 Å². The minimum absolute atomic E-state index is 0.0856. The maximum Gasteiger partial charge on any atom is 0.180 e. The van der Waals surface area contributed by atoms with E-state index in [0.717, 1.165) is 44.2 Å². The number of hydrogen-bond donors (Lipinski definition) is 1. The quantitative estimate of drug-likeness (QED) is 0.864. The molecule has 0 radical (unpaired) electrons. The largest absolute Gasteiger partial charge is 0.367 e. The van der Waals surface area contributed by atoms with Gasteiger partial charge in [0.2, 0.25) is 0 Å². The first-order valence-electron chi connectivity index (χ1n) is 7.46. The van der Waals surface area contributed by atoms with E-state index in [-0.39, 0.29) is 6.10 Å². The first-order chi connectivity index (χ1) is 10.8. The fourth-order valence-electron chi connectivity index (χ4n) is 2.46. The average Bonchev–Trinajstić information content (AvgIpc) is 3.22. The van der Waals surface area contributed by atoms with Gasteiger partial charge in [-0.05, 0) is 0 Å². The third-order valence-corrected chi connectivity index (χ3v) is 3.73. The summed E-state index contributed by atoms with van der Waals surface area (Å²) in [6.45, 7) is 5.97.